The molecule has 1 heterocycles. The van der Waals surface area contributed by atoms with Gasteiger partial charge in [0.25, 0.3) is 0 Å². The first-order valence-corrected chi connectivity index (χ1v) is 6.33. The zero-order valence-electron chi connectivity index (χ0n) is 10.5. The van der Waals surface area contributed by atoms with Gasteiger partial charge >= 0.3 is 5.69 Å². The van der Waals surface area contributed by atoms with Crippen molar-refractivity contribution in [1.82, 2.24) is 9.78 Å². The highest BCUT2D eigenvalue weighted by atomic mass is 19.1. The second-order valence-electron chi connectivity index (χ2n) is 5.42. The molecule has 0 saturated heterocycles. The van der Waals surface area contributed by atoms with Crippen molar-refractivity contribution < 1.29 is 14.1 Å². The standard InChI is InChI=1S/C12H14FN3O3/c1-15-11(9(6-14-15)16(18)19)12(13)4-2-7-8(3-5-12)10(7)17/h6-8H,2-5H2,1H3. The molecule has 19 heavy (non-hydrogen) atoms. The number of carbonyl (C=O) groups is 1. The van der Waals surface area contributed by atoms with Gasteiger partial charge in [0.05, 0.1) is 4.92 Å². The number of ketones is 1. The second kappa shape index (κ2) is 3.85. The Balaban J connectivity index is 1.94. The van der Waals surface area contributed by atoms with Crippen LogP contribution in [-0.2, 0) is 17.5 Å². The number of rotatable bonds is 2. The second-order valence-corrected chi connectivity index (χ2v) is 5.42. The molecule has 6 nitrogen and oxygen atoms in total. The summed E-state index contributed by atoms with van der Waals surface area (Å²) in [7, 11) is 1.51. The Morgan fingerprint density at radius 3 is 2.58 bits per heavy atom. The van der Waals surface area contributed by atoms with Gasteiger partial charge in [-0.3, -0.25) is 19.6 Å². The van der Waals surface area contributed by atoms with Gasteiger partial charge in [-0.15, -0.1) is 0 Å². The van der Waals surface area contributed by atoms with E-state index >= 15 is 4.39 Å². The van der Waals surface area contributed by atoms with Crippen molar-refractivity contribution >= 4 is 11.5 Å². The van der Waals surface area contributed by atoms with E-state index < -0.39 is 10.6 Å². The number of carbonyl (C=O) groups excluding carboxylic acids is 1. The molecular formula is C12H14FN3O3. The molecule has 3 rings (SSSR count). The minimum atomic E-state index is -1.75. The summed E-state index contributed by atoms with van der Waals surface area (Å²) >= 11 is 0. The molecule has 2 unspecified atom stereocenters. The monoisotopic (exact) mass is 267 g/mol. The third kappa shape index (κ3) is 1.75. The van der Waals surface area contributed by atoms with E-state index in [9.17, 15) is 14.9 Å². The minimum absolute atomic E-state index is 0.0232. The lowest BCUT2D eigenvalue weighted by molar-refractivity contribution is -0.386. The molecule has 0 bridgehead atoms. The topological polar surface area (TPSA) is 78.0 Å². The number of nitrogens with zero attached hydrogens (tertiary/aromatic N) is 3. The van der Waals surface area contributed by atoms with Crippen LogP contribution in [0.25, 0.3) is 0 Å². The molecular weight excluding hydrogens is 253 g/mol. The quantitative estimate of drug-likeness (QED) is 0.605. The summed E-state index contributed by atoms with van der Waals surface area (Å²) in [5, 5.41) is 14.8. The summed E-state index contributed by atoms with van der Waals surface area (Å²) in [6.07, 6.45) is 2.35. The molecule has 2 saturated carbocycles. The highest BCUT2D eigenvalue weighted by molar-refractivity contribution is 5.99. The summed E-state index contributed by atoms with van der Waals surface area (Å²) in [6.45, 7) is 0. The fourth-order valence-electron chi connectivity index (χ4n) is 3.25. The van der Waals surface area contributed by atoms with E-state index in [1.54, 1.807) is 0 Å². The number of aryl methyl sites for hydroxylation is 1. The van der Waals surface area contributed by atoms with Crippen molar-refractivity contribution in [3.05, 3.63) is 22.0 Å². The Bertz CT molecular complexity index is 553. The van der Waals surface area contributed by atoms with Gasteiger partial charge in [-0.05, 0) is 25.7 Å². The van der Waals surface area contributed by atoms with Crippen LogP contribution in [0.5, 0.6) is 0 Å². The first-order chi connectivity index (χ1) is 8.94. The smallest absolute Gasteiger partial charge is 0.299 e. The van der Waals surface area contributed by atoms with Crippen LogP contribution in [0, 0.1) is 22.0 Å². The molecule has 102 valence electrons. The lowest BCUT2D eigenvalue weighted by Gasteiger charge is -2.23. The van der Waals surface area contributed by atoms with Crippen LogP contribution < -0.4 is 0 Å². The third-order valence-electron chi connectivity index (χ3n) is 4.35. The van der Waals surface area contributed by atoms with E-state index in [-0.39, 0.29) is 41.8 Å². The summed E-state index contributed by atoms with van der Waals surface area (Å²) in [5.74, 6) is 0.177. The van der Waals surface area contributed by atoms with E-state index in [2.05, 4.69) is 5.10 Å². The highest BCUT2D eigenvalue weighted by Crippen LogP contribution is 2.52. The van der Waals surface area contributed by atoms with Crippen molar-refractivity contribution in [3.63, 3.8) is 0 Å². The van der Waals surface area contributed by atoms with E-state index in [1.807, 2.05) is 0 Å². The van der Waals surface area contributed by atoms with Gasteiger partial charge in [0.1, 0.15) is 12.0 Å². The normalized spacial score (nSPS) is 33.7. The molecule has 0 aromatic carbocycles. The molecule has 2 aliphatic rings. The van der Waals surface area contributed by atoms with Crippen molar-refractivity contribution in [2.24, 2.45) is 18.9 Å². The molecule has 1 aromatic heterocycles. The van der Waals surface area contributed by atoms with Crippen LogP contribution in [-0.4, -0.2) is 20.5 Å². The molecule has 7 heteroatoms. The maximum Gasteiger partial charge on any atom is 0.313 e. The molecule has 1 aromatic rings. The SMILES string of the molecule is Cn1ncc([N+](=O)[O-])c1C1(F)CCC2C(=O)C2CC1. The Morgan fingerprint density at radius 1 is 1.47 bits per heavy atom. The largest absolute Gasteiger partial charge is 0.313 e. The van der Waals surface area contributed by atoms with Crippen molar-refractivity contribution in [2.75, 3.05) is 0 Å². The number of hydrogen-bond donors (Lipinski definition) is 0. The highest BCUT2D eigenvalue weighted by Gasteiger charge is 2.54. The molecule has 0 spiro atoms. The first kappa shape index (κ1) is 12.3. The Labute approximate surface area is 108 Å². The van der Waals surface area contributed by atoms with Crippen molar-refractivity contribution in [3.8, 4) is 0 Å². The summed E-state index contributed by atoms with van der Waals surface area (Å²) in [5.41, 5.74) is -1.99. The molecule has 2 aliphatic carbocycles. The number of halogens is 1. The first-order valence-electron chi connectivity index (χ1n) is 6.33. The molecule has 2 atom stereocenters. The van der Waals surface area contributed by atoms with Crippen molar-refractivity contribution in [2.45, 2.75) is 31.4 Å². The number of alkyl halides is 1. The lowest BCUT2D eigenvalue weighted by atomic mass is 9.90. The van der Waals surface area contributed by atoms with E-state index in [1.165, 1.54) is 11.7 Å². The Hall–Kier alpha value is -1.79. The maximum absolute atomic E-state index is 15.1. The zero-order valence-corrected chi connectivity index (χ0v) is 10.5. The fourth-order valence-corrected chi connectivity index (χ4v) is 3.25. The molecule has 0 aliphatic heterocycles. The van der Waals surface area contributed by atoms with Crippen LogP contribution >= 0.6 is 0 Å². The lowest BCUT2D eigenvalue weighted by Crippen LogP contribution is -2.24. The molecule has 0 amide bonds. The Morgan fingerprint density at radius 2 is 2.05 bits per heavy atom. The Kier molecular flexibility index (Phi) is 2.48. The molecule has 0 radical (unpaired) electrons. The van der Waals surface area contributed by atoms with Crippen LogP contribution in [0.15, 0.2) is 6.20 Å². The van der Waals surface area contributed by atoms with Crippen molar-refractivity contribution in [1.29, 1.82) is 0 Å². The van der Waals surface area contributed by atoms with Gasteiger partial charge in [0, 0.05) is 18.9 Å². The van der Waals surface area contributed by atoms with Gasteiger partial charge in [0.15, 0.2) is 11.4 Å². The average Bonchev–Trinajstić information content (AvgIpc) is 2.85. The molecule has 2 fully saturated rings. The van der Waals surface area contributed by atoms with Crippen LogP contribution in [0.1, 0.15) is 31.4 Å². The number of hydrogen-bond acceptors (Lipinski definition) is 4. The predicted molar refractivity (Wildman–Crippen MR) is 63.1 cm³/mol. The predicted octanol–water partition coefficient (Wildman–Crippen LogP) is 1.88. The van der Waals surface area contributed by atoms with Crippen LogP contribution in [0.3, 0.4) is 0 Å². The van der Waals surface area contributed by atoms with E-state index in [4.69, 9.17) is 0 Å². The number of nitro groups is 1. The van der Waals surface area contributed by atoms with Gasteiger partial charge in [0.2, 0.25) is 0 Å². The van der Waals surface area contributed by atoms with Crippen LogP contribution in [0.4, 0.5) is 10.1 Å². The van der Waals surface area contributed by atoms with Gasteiger partial charge in [-0.1, -0.05) is 0 Å². The van der Waals surface area contributed by atoms with Gasteiger partial charge < -0.3 is 0 Å². The van der Waals surface area contributed by atoms with E-state index in [0.717, 1.165) is 6.20 Å². The number of aromatic nitrogens is 2. The van der Waals surface area contributed by atoms with Crippen LogP contribution in [0.2, 0.25) is 0 Å². The van der Waals surface area contributed by atoms with Gasteiger partial charge in [-0.25, -0.2) is 4.39 Å². The number of Topliss-reactive ketones (excluding diaryl/α,β-unsaturated/α-hetero) is 1. The minimum Gasteiger partial charge on any atom is -0.299 e. The molecule has 0 N–H and O–H groups in total. The summed E-state index contributed by atoms with van der Waals surface area (Å²) < 4.78 is 16.4. The summed E-state index contributed by atoms with van der Waals surface area (Å²) in [6, 6.07) is 0. The number of fused-ring (bicyclic) bond motifs is 1. The fraction of sp³-hybridized carbons (Fsp3) is 0.667. The maximum atomic E-state index is 15.1. The third-order valence-corrected chi connectivity index (χ3v) is 4.35. The van der Waals surface area contributed by atoms with E-state index in [0.29, 0.717) is 12.8 Å². The average molecular weight is 267 g/mol. The summed E-state index contributed by atoms with van der Waals surface area (Å²) in [4.78, 5) is 21.7. The zero-order chi connectivity index (χ0) is 13.8. The van der Waals surface area contributed by atoms with Gasteiger partial charge in [-0.2, -0.15) is 5.10 Å².